The van der Waals surface area contributed by atoms with Crippen molar-refractivity contribution in [2.24, 2.45) is 0 Å². The van der Waals surface area contributed by atoms with Crippen molar-refractivity contribution in [3.8, 4) is 0 Å². The molecule has 0 amide bonds. The van der Waals surface area contributed by atoms with Gasteiger partial charge in [-0.15, -0.1) is 5.10 Å². The predicted octanol–water partition coefficient (Wildman–Crippen LogP) is 1.69. The third kappa shape index (κ3) is 2.51. The van der Waals surface area contributed by atoms with E-state index in [2.05, 4.69) is 20.8 Å². The largest absolute Gasteiger partial charge is 0.411 e. The molecule has 0 bridgehead atoms. The molecule has 0 aliphatic heterocycles. The Morgan fingerprint density at radius 2 is 2.06 bits per heavy atom. The fourth-order valence-corrected chi connectivity index (χ4v) is 1.42. The van der Waals surface area contributed by atoms with Gasteiger partial charge < -0.3 is 15.1 Å². The molecule has 1 aliphatic rings. The zero-order valence-electron chi connectivity index (χ0n) is 9.26. The zero-order chi connectivity index (χ0) is 12.5. The first kappa shape index (κ1) is 12.2. The molecule has 0 aromatic carbocycles. The molecule has 1 heterocycles. The topological polar surface area (TPSA) is 63.0 Å². The standard InChI is InChI=1S/C9H13F3N4O/c1-2-13-5-6-15-16-7(17-6)14-8(3-4-8)9(10,11)12/h13H,2-5H2,1H3,(H,14,16). The van der Waals surface area contributed by atoms with Gasteiger partial charge in [-0.25, -0.2) is 0 Å². The number of hydrogen-bond donors (Lipinski definition) is 2. The maximum Gasteiger partial charge on any atom is 0.411 e. The van der Waals surface area contributed by atoms with Crippen LogP contribution in [0.3, 0.4) is 0 Å². The minimum Gasteiger partial charge on any atom is -0.407 e. The average molecular weight is 250 g/mol. The molecule has 1 aromatic heterocycles. The zero-order valence-corrected chi connectivity index (χ0v) is 9.26. The molecule has 1 saturated carbocycles. The Morgan fingerprint density at radius 3 is 2.59 bits per heavy atom. The summed E-state index contributed by atoms with van der Waals surface area (Å²) in [5.41, 5.74) is -1.87. The first-order valence-electron chi connectivity index (χ1n) is 5.35. The Morgan fingerprint density at radius 1 is 1.35 bits per heavy atom. The van der Waals surface area contributed by atoms with Crippen molar-refractivity contribution in [3.63, 3.8) is 0 Å². The van der Waals surface area contributed by atoms with Crippen LogP contribution in [-0.4, -0.2) is 28.5 Å². The van der Waals surface area contributed by atoms with Gasteiger partial charge >= 0.3 is 12.2 Å². The lowest BCUT2D eigenvalue weighted by Gasteiger charge is -2.18. The molecule has 17 heavy (non-hydrogen) atoms. The van der Waals surface area contributed by atoms with Gasteiger partial charge in [0, 0.05) is 0 Å². The van der Waals surface area contributed by atoms with Crippen LogP contribution in [0.15, 0.2) is 4.42 Å². The summed E-state index contributed by atoms with van der Waals surface area (Å²) in [5, 5.41) is 12.4. The Hall–Kier alpha value is -1.31. The van der Waals surface area contributed by atoms with Crippen LogP contribution >= 0.6 is 0 Å². The van der Waals surface area contributed by atoms with Crippen molar-refractivity contribution < 1.29 is 17.6 Å². The van der Waals surface area contributed by atoms with E-state index in [4.69, 9.17) is 4.42 Å². The highest BCUT2D eigenvalue weighted by atomic mass is 19.4. The third-order valence-corrected chi connectivity index (χ3v) is 2.63. The van der Waals surface area contributed by atoms with Gasteiger partial charge in [-0.2, -0.15) is 13.2 Å². The van der Waals surface area contributed by atoms with Crippen LogP contribution in [0.25, 0.3) is 0 Å². The number of anilines is 1. The minimum atomic E-state index is -4.29. The normalized spacial score (nSPS) is 18.1. The van der Waals surface area contributed by atoms with Crippen LogP contribution in [0.1, 0.15) is 25.7 Å². The van der Waals surface area contributed by atoms with Crippen LogP contribution in [-0.2, 0) is 6.54 Å². The summed E-state index contributed by atoms with van der Waals surface area (Å²) in [6.07, 6.45) is -4.20. The molecule has 1 aliphatic carbocycles. The van der Waals surface area contributed by atoms with E-state index in [9.17, 15) is 13.2 Å². The van der Waals surface area contributed by atoms with Crippen LogP contribution in [0.4, 0.5) is 19.2 Å². The van der Waals surface area contributed by atoms with E-state index in [-0.39, 0.29) is 24.7 Å². The van der Waals surface area contributed by atoms with Gasteiger partial charge in [0.25, 0.3) is 0 Å². The van der Waals surface area contributed by atoms with E-state index in [0.717, 1.165) is 6.54 Å². The van der Waals surface area contributed by atoms with Crippen molar-refractivity contribution in [2.75, 3.05) is 11.9 Å². The van der Waals surface area contributed by atoms with Crippen LogP contribution in [0.2, 0.25) is 0 Å². The first-order valence-corrected chi connectivity index (χ1v) is 5.35. The lowest BCUT2D eigenvalue weighted by atomic mass is 10.3. The van der Waals surface area contributed by atoms with E-state index < -0.39 is 11.7 Å². The van der Waals surface area contributed by atoms with E-state index in [0.29, 0.717) is 6.54 Å². The van der Waals surface area contributed by atoms with Gasteiger partial charge in [0.2, 0.25) is 5.89 Å². The molecule has 0 atom stereocenters. The summed E-state index contributed by atoms with van der Waals surface area (Å²) >= 11 is 0. The summed E-state index contributed by atoms with van der Waals surface area (Å²) in [6.45, 7) is 2.97. The molecule has 0 saturated heterocycles. The molecule has 2 N–H and O–H groups in total. The highest BCUT2D eigenvalue weighted by Crippen LogP contribution is 2.50. The molecule has 1 fully saturated rings. The highest BCUT2D eigenvalue weighted by molar-refractivity contribution is 5.32. The summed E-state index contributed by atoms with van der Waals surface area (Å²) in [5.74, 6) is 0.271. The molecular formula is C9H13F3N4O. The number of hydrogen-bond acceptors (Lipinski definition) is 5. The Kier molecular flexibility index (Phi) is 2.98. The van der Waals surface area contributed by atoms with Gasteiger partial charge in [-0.1, -0.05) is 12.0 Å². The third-order valence-electron chi connectivity index (χ3n) is 2.63. The highest BCUT2D eigenvalue weighted by Gasteiger charge is 2.64. The Labute approximate surface area is 95.8 Å². The van der Waals surface area contributed by atoms with Crippen molar-refractivity contribution in [1.82, 2.24) is 15.5 Å². The second-order valence-corrected chi connectivity index (χ2v) is 3.99. The van der Waals surface area contributed by atoms with Gasteiger partial charge in [-0.05, 0) is 19.4 Å². The number of aromatic nitrogens is 2. The molecule has 5 nitrogen and oxygen atoms in total. The first-order chi connectivity index (χ1) is 7.97. The Bertz CT molecular complexity index is 386. The summed E-state index contributed by atoms with van der Waals surface area (Å²) in [4.78, 5) is 0. The fraction of sp³-hybridized carbons (Fsp3) is 0.778. The van der Waals surface area contributed by atoms with E-state index in [1.54, 1.807) is 0 Å². The molecular weight excluding hydrogens is 237 g/mol. The van der Waals surface area contributed by atoms with E-state index in [1.807, 2.05) is 6.92 Å². The van der Waals surface area contributed by atoms with Crippen molar-refractivity contribution >= 4 is 6.01 Å². The molecule has 0 spiro atoms. The second-order valence-electron chi connectivity index (χ2n) is 3.99. The monoisotopic (exact) mass is 250 g/mol. The molecule has 96 valence electrons. The van der Waals surface area contributed by atoms with Crippen LogP contribution in [0.5, 0.6) is 0 Å². The number of alkyl halides is 3. The van der Waals surface area contributed by atoms with Gasteiger partial charge in [-0.3, -0.25) is 0 Å². The number of halogens is 3. The van der Waals surface area contributed by atoms with Crippen molar-refractivity contribution in [1.29, 1.82) is 0 Å². The summed E-state index contributed by atoms with van der Waals surface area (Å²) in [6, 6.07) is -0.173. The van der Waals surface area contributed by atoms with Gasteiger partial charge in [0.15, 0.2) is 0 Å². The SMILES string of the molecule is CCNCc1nnc(NC2(C(F)(F)F)CC2)o1. The Balaban J connectivity index is 1.98. The van der Waals surface area contributed by atoms with Gasteiger partial charge in [0.1, 0.15) is 5.54 Å². The summed E-state index contributed by atoms with van der Waals surface area (Å²) in [7, 11) is 0. The number of rotatable bonds is 5. The van der Waals surface area contributed by atoms with E-state index in [1.165, 1.54) is 0 Å². The molecule has 1 aromatic rings. The van der Waals surface area contributed by atoms with Crippen LogP contribution < -0.4 is 10.6 Å². The van der Waals surface area contributed by atoms with Gasteiger partial charge in [0.05, 0.1) is 6.54 Å². The predicted molar refractivity (Wildman–Crippen MR) is 53.3 cm³/mol. The number of nitrogens with one attached hydrogen (secondary N) is 2. The maximum atomic E-state index is 12.6. The molecule has 0 unspecified atom stereocenters. The minimum absolute atomic E-state index is 0.0431. The van der Waals surface area contributed by atoms with Crippen molar-refractivity contribution in [3.05, 3.63) is 5.89 Å². The van der Waals surface area contributed by atoms with E-state index >= 15 is 0 Å². The summed E-state index contributed by atoms with van der Waals surface area (Å²) < 4.78 is 42.9. The molecule has 8 heteroatoms. The smallest absolute Gasteiger partial charge is 0.407 e. The molecule has 2 rings (SSSR count). The maximum absolute atomic E-state index is 12.6. The lowest BCUT2D eigenvalue weighted by molar-refractivity contribution is -0.151. The molecule has 0 radical (unpaired) electrons. The fourth-order valence-electron chi connectivity index (χ4n) is 1.42. The lowest BCUT2D eigenvalue weighted by Crippen LogP contribution is -2.38. The van der Waals surface area contributed by atoms with Crippen molar-refractivity contribution in [2.45, 2.75) is 38.0 Å². The van der Waals surface area contributed by atoms with Crippen LogP contribution in [0, 0.1) is 0 Å². The number of nitrogens with zero attached hydrogens (tertiary/aromatic N) is 2. The average Bonchev–Trinajstić information content (AvgIpc) is 2.89. The second kappa shape index (κ2) is 4.17. The quantitative estimate of drug-likeness (QED) is 0.832.